The molecule has 0 heterocycles. The van der Waals surface area contributed by atoms with Gasteiger partial charge in [0.25, 0.3) is 0 Å². The van der Waals surface area contributed by atoms with Gasteiger partial charge < -0.3 is 19.9 Å². The Hall–Kier alpha value is -2.45. The van der Waals surface area contributed by atoms with Crippen LogP contribution in [0, 0.1) is 0 Å². The molecule has 1 aromatic carbocycles. The van der Waals surface area contributed by atoms with Gasteiger partial charge in [-0.25, -0.2) is 9.59 Å². The number of carboxylic acid groups (broad SMARTS) is 1. The van der Waals surface area contributed by atoms with E-state index in [0.717, 1.165) is 19.2 Å². The molecule has 24 heavy (non-hydrogen) atoms. The van der Waals surface area contributed by atoms with Crippen LogP contribution in [0.2, 0.25) is 0 Å². The van der Waals surface area contributed by atoms with Crippen molar-refractivity contribution in [3.8, 4) is 5.75 Å². The summed E-state index contributed by atoms with van der Waals surface area (Å²) in [6.45, 7) is 4.70. The molecule has 0 aromatic heterocycles. The monoisotopic (exact) mass is 349 g/mol. The quantitative estimate of drug-likeness (QED) is 0.871. The fourth-order valence-electron chi connectivity index (χ4n) is 1.84. The first kappa shape index (κ1) is 19.6. The molecule has 2 N–H and O–H groups in total. The number of benzene rings is 1. The van der Waals surface area contributed by atoms with Gasteiger partial charge in [-0.2, -0.15) is 13.2 Å². The van der Waals surface area contributed by atoms with E-state index in [9.17, 15) is 27.9 Å². The average molecular weight is 349 g/mol. The first-order valence-electron chi connectivity index (χ1n) is 6.82. The van der Waals surface area contributed by atoms with Crippen molar-refractivity contribution in [2.45, 2.75) is 38.6 Å². The van der Waals surface area contributed by atoms with Crippen LogP contribution in [0.4, 0.5) is 18.0 Å². The van der Waals surface area contributed by atoms with E-state index in [1.54, 1.807) is 20.8 Å². The van der Waals surface area contributed by atoms with Gasteiger partial charge in [0.1, 0.15) is 11.4 Å². The number of alkyl halides is 3. The number of carbonyl (C=O) groups is 2. The van der Waals surface area contributed by atoms with Crippen LogP contribution in [0.25, 0.3) is 0 Å². The van der Waals surface area contributed by atoms with E-state index >= 15 is 0 Å². The number of hydrogen-bond acceptors (Lipinski definition) is 4. The van der Waals surface area contributed by atoms with Gasteiger partial charge >= 0.3 is 18.2 Å². The van der Waals surface area contributed by atoms with Gasteiger partial charge in [-0.1, -0.05) is 6.07 Å². The van der Waals surface area contributed by atoms with Gasteiger partial charge in [-0.05, 0) is 38.5 Å². The van der Waals surface area contributed by atoms with Crippen molar-refractivity contribution < 1.29 is 37.3 Å². The SMILES string of the molecule is COc1ccc(C(NC(=O)OC(C)(C)C)C(=O)O)cc1C(F)(F)F. The highest BCUT2D eigenvalue weighted by Gasteiger charge is 2.36. The topological polar surface area (TPSA) is 84.9 Å². The molecule has 0 spiro atoms. The Kier molecular flexibility index (Phi) is 5.70. The van der Waals surface area contributed by atoms with Crippen molar-refractivity contribution in [2.75, 3.05) is 7.11 Å². The van der Waals surface area contributed by atoms with Gasteiger partial charge in [-0.3, -0.25) is 0 Å². The van der Waals surface area contributed by atoms with E-state index in [1.807, 2.05) is 5.32 Å². The van der Waals surface area contributed by atoms with Crippen LogP contribution >= 0.6 is 0 Å². The summed E-state index contributed by atoms with van der Waals surface area (Å²) in [5.41, 5.74) is -2.29. The molecule has 0 saturated heterocycles. The molecule has 0 aliphatic heterocycles. The van der Waals surface area contributed by atoms with Crippen molar-refractivity contribution in [1.29, 1.82) is 0 Å². The molecule has 0 aliphatic carbocycles. The molecule has 1 unspecified atom stereocenters. The molecular weight excluding hydrogens is 331 g/mol. The Morgan fingerprint density at radius 3 is 2.21 bits per heavy atom. The molecular formula is C15H18F3NO5. The summed E-state index contributed by atoms with van der Waals surface area (Å²) >= 11 is 0. The summed E-state index contributed by atoms with van der Waals surface area (Å²) in [4.78, 5) is 23.0. The Morgan fingerprint density at radius 2 is 1.79 bits per heavy atom. The van der Waals surface area contributed by atoms with Crippen LogP contribution in [-0.4, -0.2) is 29.9 Å². The second kappa shape index (κ2) is 6.98. The zero-order chi connectivity index (χ0) is 18.7. The lowest BCUT2D eigenvalue weighted by atomic mass is 10.0. The Balaban J connectivity index is 3.18. The number of methoxy groups -OCH3 is 1. The zero-order valence-electron chi connectivity index (χ0n) is 13.5. The number of nitrogens with one attached hydrogen (secondary N) is 1. The van der Waals surface area contributed by atoms with Crippen molar-refractivity contribution in [2.24, 2.45) is 0 Å². The fraction of sp³-hybridized carbons (Fsp3) is 0.467. The maximum Gasteiger partial charge on any atom is 0.419 e. The molecule has 1 rings (SSSR count). The molecule has 0 fully saturated rings. The third-order valence-electron chi connectivity index (χ3n) is 2.77. The van der Waals surface area contributed by atoms with E-state index in [4.69, 9.17) is 4.74 Å². The van der Waals surface area contributed by atoms with Crippen LogP contribution in [-0.2, 0) is 15.7 Å². The van der Waals surface area contributed by atoms with Crippen LogP contribution in [0.3, 0.4) is 0 Å². The smallest absolute Gasteiger partial charge is 0.419 e. The normalized spacial score (nSPS) is 13.1. The molecule has 134 valence electrons. The molecule has 0 radical (unpaired) electrons. The third-order valence-corrected chi connectivity index (χ3v) is 2.77. The number of ether oxygens (including phenoxy) is 2. The van der Waals surface area contributed by atoms with E-state index in [2.05, 4.69) is 4.74 Å². The Morgan fingerprint density at radius 1 is 1.21 bits per heavy atom. The molecule has 1 atom stereocenters. The highest BCUT2D eigenvalue weighted by Crippen LogP contribution is 2.37. The number of halogens is 3. The fourth-order valence-corrected chi connectivity index (χ4v) is 1.84. The van der Waals surface area contributed by atoms with Crippen LogP contribution in [0.15, 0.2) is 18.2 Å². The van der Waals surface area contributed by atoms with Crippen LogP contribution in [0.1, 0.15) is 37.9 Å². The van der Waals surface area contributed by atoms with Crippen molar-refractivity contribution in [3.63, 3.8) is 0 Å². The molecule has 0 aliphatic rings. The van der Waals surface area contributed by atoms with Gasteiger partial charge in [-0.15, -0.1) is 0 Å². The first-order valence-corrected chi connectivity index (χ1v) is 6.82. The zero-order valence-corrected chi connectivity index (χ0v) is 13.5. The lowest BCUT2D eigenvalue weighted by molar-refractivity contribution is -0.141. The van der Waals surface area contributed by atoms with Crippen LogP contribution < -0.4 is 10.1 Å². The summed E-state index contributed by atoms with van der Waals surface area (Å²) in [5, 5.41) is 11.2. The molecule has 0 bridgehead atoms. The van der Waals surface area contributed by atoms with E-state index in [-0.39, 0.29) is 5.56 Å². The van der Waals surface area contributed by atoms with E-state index < -0.39 is 41.2 Å². The lowest BCUT2D eigenvalue weighted by Crippen LogP contribution is -2.38. The molecule has 1 aromatic rings. The maximum absolute atomic E-state index is 13.0. The summed E-state index contributed by atoms with van der Waals surface area (Å²) in [6.07, 6.45) is -5.80. The molecule has 9 heteroatoms. The van der Waals surface area contributed by atoms with Crippen molar-refractivity contribution >= 4 is 12.1 Å². The minimum Gasteiger partial charge on any atom is -0.496 e. The van der Waals surface area contributed by atoms with E-state index in [1.165, 1.54) is 0 Å². The van der Waals surface area contributed by atoms with Crippen molar-refractivity contribution in [1.82, 2.24) is 5.32 Å². The van der Waals surface area contributed by atoms with Gasteiger partial charge in [0.05, 0.1) is 12.7 Å². The van der Waals surface area contributed by atoms with Gasteiger partial charge in [0.2, 0.25) is 0 Å². The largest absolute Gasteiger partial charge is 0.496 e. The maximum atomic E-state index is 13.0. The van der Waals surface area contributed by atoms with Gasteiger partial charge in [0, 0.05) is 0 Å². The van der Waals surface area contributed by atoms with Crippen LogP contribution in [0.5, 0.6) is 5.75 Å². The number of alkyl carbamates (subject to hydrolysis) is 1. The predicted molar refractivity (Wildman–Crippen MR) is 77.7 cm³/mol. The Labute approximate surface area is 136 Å². The summed E-state index contributed by atoms with van der Waals surface area (Å²) in [7, 11) is 1.07. The molecule has 1 amide bonds. The van der Waals surface area contributed by atoms with Gasteiger partial charge in [0.15, 0.2) is 6.04 Å². The summed E-state index contributed by atoms with van der Waals surface area (Å²) in [6, 6.07) is 1.04. The highest BCUT2D eigenvalue weighted by molar-refractivity contribution is 5.81. The Bertz CT molecular complexity index is 623. The number of carboxylic acids is 1. The summed E-state index contributed by atoms with van der Waals surface area (Å²) < 4.78 is 48.6. The molecule has 0 saturated carbocycles. The third kappa shape index (κ3) is 5.32. The second-order valence-corrected chi connectivity index (χ2v) is 5.87. The second-order valence-electron chi connectivity index (χ2n) is 5.87. The minimum absolute atomic E-state index is 0.263. The lowest BCUT2D eigenvalue weighted by Gasteiger charge is -2.22. The highest BCUT2D eigenvalue weighted by atomic mass is 19.4. The number of carbonyl (C=O) groups excluding carboxylic acids is 1. The average Bonchev–Trinajstić information content (AvgIpc) is 2.41. The van der Waals surface area contributed by atoms with E-state index in [0.29, 0.717) is 6.07 Å². The number of rotatable bonds is 4. The number of amides is 1. The van der Waals surface area contributed by atoms with Crippen molar-refractivity contribution in [3.05, 3.63) is 29.3 Å². The predicted octanol–water partition coefficient (Wildman–Crippen LogP) is 3.36. The first-order chi connectivity index (χ1) is 10.8. The summed E-state index contributed by atoms with van der Waals surface area (Å²) in [5.74, 6) is -1.98. The number of aliphatic carboxylic acids is 1. The standard InChI is InChI=1S/C15H18F3NO5/c1-14(2,3)24-13(22)19-11(12(20)21)8-5-6-10(23-4)9(7-8)15(16,17)18/h5-7,11H,1-4H3,(H,19,22)(H,20,21). The molecule has 6 nitrogen and oxygen atoms in total. The number of hydrogen-bond donors (Lipinski definition) is 2. The minimum atomic E-state index is -4.74.